The Morgan fingerprint density at radius 3 is 2.27 bits per heavy atom. The highest BCUT2D eigenvalue weighted by molar-refractivity contribution is 5.89. The Morgan fingerprint density at radius 1 is 0.950 bits per heavy atom. The van der Waals surface area contributed by atoms with Crippen molar-refractivity contribution in [2.75, 3.05) is 7.11 Å². The van der Waals surface area contributed by atoms with E-state index < -0.39 is 0 Å². The van der Waals surface area contributed by atoms with Gasteiger partial charge in [-0.1, -0.05) is 65.0 Å². The predicted octanol–water partition coefficient (Wildman–Crippen LogP) is 8.69. The molecule has 0 unspecified atom stereocenters. The number of methoxy groups -OCH3 is 1. The van der Waals surface area contributed by atoms with E-state index in [0.29, 0.717) is 45.6 Å². The largest absolute Gasteiger partial charge is 0.465 e. The number of nitrogens with two attached hydrogens (primary N) is 1. The van der Waals surface area contributed by atoms with Gasteiger partial charge < -0.3 is 10.5 Å². The molecule has 3 nitrogen and oxygen atoms in total. The maximum absolute atomic E-state index is 12.0. The third-order valence-electron chi connectivity index (χ3n) is 14.3. The minimum Gasteiger partial charge on any atom is -0.465 e. The van der Waals surface area contributed by atoms with Crippen LogP contribution in [0.3, 0.4) is 0 Å². The van der Waals surface area contributed by atoms with Gasteiger partial charge in [-0.25, -0.2) is 4.79 Å². The molecule has 0 aliphatic heterocycles. The normalized spacial score (nSPS) is 45.3. The summed E-state index contributed by atoms with van der Waals surface area (Å²) in [7, 11) is 1.45. The van der Waals surface area contributed by atoms with Crippen LogP contribution < -0.4 is 5.73 Å². The molecular formula is C37H53NO2. The standard InChI is InChI=1S/C37H53NO2/c1-22(2)26-21-29(38)25-15-19-36(6)28(32(25)26)13-14-31-35(5)18-16-27(23-9-11-24(12-10-23)33(39)40-8)34(3,4)30(35)17-20-37(31,36)7/h9-12,16,25-26,28-32H,1,13-15,17-21,38H2,2-8H3/t25-,26+,28-,29+,30+,31-,32-,35+,36-,37-/m1/s1. The van der Waals surface area contributed by atoms with Gasteiger partial charge in [-0.2, -0.15) is 0 Å². The van der Waals surface area contributed by atoms with Crippen molar-refractivity contribution < 1.29 is 9.53 Å². The highest BCUT2D eigenvalue weighted by Gasteiger charge is 2.68. The predicted molar refractivity (Wildman–Crippen MR) is 165 cm³/mol. The number of hydrogen-bond donors (Lipinski definition) is 1. The smallest absolute Gasteiger partial charge is 0.337 e. The summed E-state index contributed by atoms with van der Waals surface area (Å²) in [6.07, 6.45) is 12.9. The van der Waals surface area contributed by atoms with Crippen LogP contribution in [0.15, 0.2) is 42.5 Å². The van der Waals surface area contributed by atoms with E-state index in [0.717, 1.165) is 30.6 Å². The van der Waals surface area contributed by atoms with Crippen LogP contribution >= 0.6 is 0 Å². The minimum absolute atomic E-state index is 0.0831. The lowest BCUT2D eigenvalue weighted by Gasteiger charge is -2.71. The zero-order valence-electron chi connectivity index (χ0n) is 26.2. The van der Waals surface area contributed by atoms with Crippen molar-refractivity contribution in [2.24, 2.45) is 62.9 Å². The second kappa shape index (κ2) is 9.32. The van der Waals surface area contributed by atoms with Crippen LogP contribution in [0.2, 0.25) is 0 Å². The highest BCUT2D eigenvalue weighted by atomic mass is 16.5. The first-order chi connectivity index (χ1) is 18.8. The number of carbonyl (C=O) groups is 1. The molecule has 0 bridgehead atoms. The molecule has 0 amide bonds. The van der Waals surface area contributed by atoms with E-state index in [1.165, 1.54) is 62.3 Å². The van der Waals surface area contributed by atoms with Crippen LogP contribution in [0.5, 0.6) is 0 Å². The van der Waals surface area contributed by atoms with E-state index in [-0.39, 0.29) is 11.4 Å². The van der Waals surface area contributed by atoms with Crippen molar-refractivity contribution in [3.63, 3.8) is 0 Å². The summed E-state index contributed by atoms with van der Waals surface area (Å²) >= 11 is 0. The van der Waals surface area contributed by atoms with E-state index >= 15 is 0 Å². The number of rotatable bonds is 3. The molecule has 0 heterocycles. The van der Waals surface area contributed by atoms with E-state index in [2.05, 4.69) is 66.3 Å². The van der Waals surface area contributed by atoms with Crippen LogP contribution in [-0.4, -0.2) is 19.1 Å². The number of carbonyl (C=O) groups excluding carboxylic acids is 1. The Bertz CT molecular complexity index is 1230. The minimum atomic E-state index is -0.269. The number of benzene rings is 1. The molecule has 0 radical (unpaired) electrons. The van der Waals surface area contributed by atoms with Gasteiger partial charge in [0.2, 0.25) is 0 Å². The Morgan fingerprint density at radius 2 is 1.62 bits per heavy atom. The fourth-order valence-corrected chi connectivity index (χ4v) is 12.3. The zero-order valence-corrected chi connectivity index (χ0v) is 26.2. The first-order valence-corrected chi connectivity index (χ1v) is 16.1. The third-order valence-corrected chi connectivity index (χ3v) is 14.3. The lowest BCUT2D eigenvalue weighted by Crippen LogP contribution is -2.64. The van der Waals surface area contributed by atoms with Crippen molar-refractivity contribution in [2.45, 2.75) is 99.0 Å². The van der Waals surface area contributed by atoms with Crippen LogP contribution in [0.1, 0.15) is 109 Å². The first-order valence-electron chi connectivity index (χ1n) is 16.1. The maximum atomic E-state index is 12.0. The molecule has 4 fully saturated rings. The topological polar surface area (TPSA) is 52.3 Å². The zero-order chi connectivity index (χ0) is 28.8. The van der Waals surface area contributed by atoms with Crippen LogP contribution in [0, 0.1) is 57.2 Å². The summed E-state index contributed by atoms with van der Waals surface area (Å²) < 4.78 is 4.93. The Hall–Kier alpha value is -1.87. The monoisotopic (exact) mass is 543 g/mol. The fraction of sp³-hybridized carbons (Fsp3) is 0.703. The molecule has 4 saturated carbocycles. The summed E-state index contributed by atoms with van der Waals surface area (Å²) in [5.41, 5.74) is 12.6. The molecule has 0 aromatic heterocycles. The molecule has 1 aromatic carbocycles. The summed E-state index contributed by atoms with van der Waals surface area (Å²) in [6.45, 7) is 19.8. The van der Waals surface area contributed by atoms with Gasteiger partial charge in [-0.3, -0.25) is 0 Å². The number of allylic oxidation sites excluding steroid dienone is 3. The lowest BCUT2D eigenvalue weighted by molar-refractivity contribution is -0.215. The quantitative estimate of drug-likeness (QED) is 0.306. The van der Waals surface area contributed by atoms with E-state index in [1.807, 2.05) is 12.1 Å². The molecule has 3 heteroatoms. The van der Waals surface area contributed by atoms with Crippen LogP contribution in [0.25, 0.3) is 5.57 Å². The second-order valence-electron chi connectivity index (χ2n) is 15.9. The van der Waals surface area contributed by atoms with Crippen LogP contribution in [-0.2, 0) is 4.74 Å². The van der Waals surface area contributed by atoms with Crippen molar-refractivity contribution in [3.05, 3.63) is 53.6 Å². The van der Waals surface area contributed by atoms with Crippen molar-refractivity contribution in [1.82, 2.24) is 0 Å². The summed E-state index contributed by atoms with van der Waals surface area (Å²) in [6, 6.07) is 8.47. The van der Waals surface area contributed by atoms with Crippen molar-refractivity contribution in [1.29, 1.82) is 0 Å². The van der Waals surface area contributed by atoms with Crippen LogP contribution in [0.4, 0.5) is 0 Å². The maximum Gasteiger partial charge on any atom is 0.337 e. The average molecular weight is 544 g/mol. The van der Waals surface area contributed by atoms with Gasteiger partial charge in [0.05, 0.1) is 12.7 Å². The fourth-order valence-electron chi connectivity index (χ4n) is 12.3. The lowest BCUT2D eigenvalue weighted by atomic mass is 9.33. The third kappa shape index (κ3) is 3.68. The molecule has 10 atom stereocenters. The molecule has 5 aliphatic rings. The van der Waals surface area contributed by atoms with Gasteiger partial charge in [0.25, 0.3) is 0 Å². The molecular weight excluding hydrogens is 490 g/mol. The molecule has 6 rings (SSSR count). The van der Waals surface area contributed by atoms with Crippen molar-refractivity contribution >= 4 is 11.5 Å². The summed E-state index contributed by atoms with van der Waals surface area (Å²) in [5, 5.41) is 0. The molecule has 5 aliphatic carbocycles. The van der Waals surface area contributed by atoms with E-state index in [4.69, 9.17) is 10.5 Å². The number of esters is 1. The van der Waals surface area contributed by atoms with Gasteiger partial charge in [0.1, 0.15) is 0 Å². The molecule has 218 valence electrons. The molecule has 40 heavy (non-hydrogen) atoms. The highest BCUT2D eigenvalue weighted by Crippen LogP contribution is 2.76. The Balaban J connectivity index is 1.34. The molecule has 2 N–H and O–H groups in total. The van der Waals surface area contributed by atoms with E-state index in [1.54, 1.807) is 0 Å². The summed E-state index contributed by atoms with van der Waals surface area (Å²) in [5.74, 6) is 3.94. The average Bonchev–Trinajstić information content (AvgIpc) is 3.25. The van der Waals surface area contributed by atoms with Gasteiger partial charge in [0, 0.05) is 6.04 Å². The van der Waals surface area contributed by atoms with E-state index in [9.17, 15) is 4.79 Å². The van der Waals surface area contributed by atoms with Gasteiger partial charge in [-0.15, -0.1) is 0 Å². The second-order valence-corrected chi connectivity index (χ2v) is 15.9. The Labute approximate surface area is 243 Å². The SMILES string of the molecule is C=C(C)[C@@H]1C[C@H](N)[C@H]2CC[C@]3(C)[C@H](CC[C@@H]4[C@@]5(C)CC=C(c6ccc(C(=O)OC)cc6)C(C)(C)[C@@H]5CC[C@]43C)[C@H]21. The van der Waals surface area contributed by atoms with Crippen molar-refractivity contribution in [3.8, 4) is 0 Å². The number of ether oxygens (including phenoxy) is 1. The Kier molecular flexibility index (Phi) is 6.58. The van der Waals surface area contributed by atoms with Gasteiger partial charge in [-0.05, 0) is 139 Å². The molecule has 0 spiro atoms. The van der Waals surface area contributed by atoms with Gasteiger partial charge in [0.15, 0.2) is 0 Å². The number of hydrogen-bond acceptors (Lipinski definition) is 3. The first kappa shape index (κ1) is 28.3. The number of fused-ring (bicyclic) bond motifs is 7. The summed E-state index contributed by atoms with van der Waals surface area (Å²) in [4.78, 5) is 12.0. The van der Waals surface area contributed by atoms with Gasteiger partial charge >= 0.3 is 5.97 Å². The molecule has 0 saturated heterocycles. The molecule has 1 aromatic rings.